The lowest BCUT2D eigenvalue weighted by Gasteiger charge is -2.42. The Morgan fingerprint density at radius 3 is 2.52 bits per heavy atom. The van der Waals surface area contributed by atoms with Gasteiger partial charge in [0, 0.05) is 11.8 Å². The quantitative estimate of drug-likeness (QED) is 0.907. The smallest absolute Gasteiger partial charge is 0.248 e. The van der Waals surface area contributed by atoms with E-state index < -0.39 is 12.1 Å². The predicted molar refractivity (Wildman–Crippen MR) is 86.1 cm³/mol. The van der Waals surface area contributed by atoms with Crippen molar-refractivity contribution in [3.8, 4) is 0 Å². The molecule has 21 heavy (non-hydrogen) atoms. The van der Waals surface area contributed by atoms with Gasteiger partial charge in [-0.15, -0.1) is 0 Å². The number of amides is 2. The zero-order valence-electron chi connectivity index (χ0n) is 12.7. The molecule has 0 bridgehead atoms. The Labute approximate surface area is 130 Å². The van der Waals surface area contributed by atoms with Crippen LogP contribution in [0.4, 0.5) is 0 Å². The minimum absolute atomic E-state index is 0.00403. The highest BCUT2D eigenvalue weighted by Gasteiger charge is 2.42. The van der Waals surface area contributed by atoms with Gasteiger partial charge in [-0.2, -0.15) is 11.8 Å². The van der Waals surface area contributed by atoms with E-state index in [1.54, 1.807) is 23.6 Å². The number of hydrogen-bond donors (Lipinski definition) is 1. The highest BCUT2D eigenvalue weighted by atomic mass is 32.2. The summed E-state index contributed by atoms with van der Waals surface area (Å²) < 4.78 is 0. The third kappa shape index (κ3) is 3.23. The first kappa shape index (κ1) is 15.9. The van der Waals surface area contributed by atoms with E-state index in [1.165, 1.54) is 0 Å². The fraction of sp³-hybridized carbons (Fsp3) is 0.500. The van der Waals surface area contributed by atoms with Crippen molar-refractivity contribution in [2.24, 2.45) is 0 Å². The number of piperazine rings is 1. The lowest BCUT2D eigenvalue weighted by Crippen LogP contribution is -2.61. The van der Waals surface area contributed by atoms with Crippen LogP contribution in [0.2, 0.25) is 0 Å². The standard InChI is InChI=1S/C16H22N2O2S/c1-4-13(10-21-3)18-14(12-8-6-5-7-9-12)15(19)17-11(2)16(18)20/h5-9,11,13-14H,4,10H2,1-3H3,(H,17,19). The SMILES string of the molecule is CCC(CSC)N1C(=O)C(C)NC(=O)C1c1ccccc1. The maximum atomic E-state index is 12.6. The lowest BCUT2D eigenvalue weighted by atomic mass is 9.97. The molecule has 3 atom stereocenters. The summed E-state index contributed by atoms with van der Waals surface area (Å²) in [5.74, 6) is 0.753. The summed E-state index contributed by atoms with van der Waals surface area (Å²) >= 11 is 1.70. The first-order chi connectivity index (χ1) is 10.1. The van der Waals surface area contributed by atoms with Crippen LogP contribution in [-0.4, -0.2) is 40.8 Å². The number of nitrogens with one attached hydrogen (secondary N) is 1. The summed E-state index contributed by atoms with van der Waals surface area (Å²) in [7, 11) is 0. The Bertz CT molecular complexity index is 506. The van der Waals surface area contributed by atoms with E-state index in [4.69, 9.17) is 0 Å². The van der Waals surface area contributed by atoms with Crippen molar-refractivity contribution in [3.05, 3.63) is 35.9 Å². The molecule has 1 N–H and O–H groups in total. The number of carbonyl (C=O) groups is 2. The van der Waals surface area contributed by atoms with Crippen LogP contribution in [0.5, 0.6) is 0 Å². The van der Waals surface area contributed by atoms with Gasteiger partial charge in [-0.05, 0) is 25.2 Å². The molecule has 3 unspecified atom stereocenters. The highest BCUT2D eigenvalue weighted by molar-refractivity contribution is 7.98. The minimum atomic E-state index is -0.521. The minimum Gasteiger partial charge on any atom is -0.342 e. The maximum Gasteiger partial charge on any atom is 0.248 e. The largest absolute Gasteiger partial charge is 0.342 e. The molecule has 2 amide bonds. The molecule has 1 aromatic carbocycles. The molecule has 1 heterocycles. The molecular weight excluding hydrogens is 284 g/mol. The average Bonchev–Trinajstić information content (AvgIpc) is 2.49. The van der Waals surface area contributed by atoms with Gasteiger partial charge in [-0.1, -0.05) is 37.3 Å². The van der Waals surface area contributed by atoms with E-state index >= 15 is 0 Å². The molecule has 1 fully saturated rings. The summed E-state index contributed by atoms with van der Waals surface area (Å²) in [5, 5.41) is 2.79. The Balaban J connectivity index is 2.41. The predicted octanol–water partition coefficient (Wildman–Crippen LogP) is 2.22. The fourth-order valence-corrected chi connectivity index (χ4v) is 3.54. The number of carbonyl (C=O) groups excluding carboxylic acids is 2. The van der Waals surface area contributed by atoms with Crippen molar-refractivity contribution in [3.63, 3.8) is 0 Å². The van der Waals surface area contributed by atoms with E-state index in [9.17, 15) is 9.59 Å². The van der Waals surface area contributed by atoms with Crippen molar-refractivity contribution in [2.75, 3.05) is 12.0 Å². The lowest BCUT2D eigenvalue weighted by molar-refractivity contribution is -0.151. The molecule has 0 aromatic heterocycles. The van der Waals surface area contributed by atoms with Crippen LogP contribution in [-0.2, 0) is 9.59 Å². The van der Waals surface area contributed by atoms with Gasteiger partial charge in [0.05, 0.1) is 0 Å². The number of nitrogens with zero attached hydrogens (tertiary/aromatic N) is 1. The summed E-state index contributed by atoms with van der Waals surface area (Å²) in [6.07, 6.45) is 2.87. The van der Waals surface area contributed by atoms with Gasteiger partial charge in [0.15, 0.2) is 0 Å². The van der Waals surface area contributed by atoms with Gasteiger partial charge >= 0.3 is 0 Å². The van der Waals surface area contributed by atoms with Crippen LogP contribution in [0, 0.1) is 0 Å². The Morgan fingerprint density at radius 2 is 1.95 bits per heavy atom. The Morgan fingerprint density at radius 1 is 1.29 bits per heavy atom. The molecule has 1 aliphatic heterocycles. The molecule has 2 rings (SSSR count). The summed E-state index contributed by atoms with van der Waals surface area (Å²) in [6.45, 7) is 3.81. The molecule has 0 radical (unpaired) electrons. The van der Waals surface area contributed by atoms with Gasteiger partial charge in [0.25, 0.3) is 0 Å². The van der Waals surface area contributed by atoms with E-state index in [-0.39, 0.29) is 17.9 Å². The van der Waals surface area contributed by atoms with Crippen molar-refractivity contribution >= 4 is 23.6 Å². The molecule has 114 valence electrons. The molecule has 4 nitrogen and oxygen atoms in total. The normalized spacial score (nSPS) is 23.9. The highest BCUT2D eigenvalue weighted by Crippen LogP contribution is 2.29. The van der Waals surface area contributed by atoms with Crippen molar-refractivity contribution in [1.29, 1.82) is 0 Å². The molecule has 1 aromatic rings. The van der Waals surface area contributed by atoms with Gasteiger partial charge in [0.1, 0.15) is 12.1 Å². The van der Waals surface area contributed by atoms with Gasteiger partial charge in [0.2, 0.25) is 11.8 Å². The van der Waals surface area contributed by atoms with Crippen LogP contribution in [0.25, 0.3) is 0 Å². The second-order valence-electron chi connectivity index (χ2n) is 5.31. The zero-order valence-corrected chi connectivity index (χ0v) is 13.5. The zero-order chi connectivity index (χ0) is 15.4. The third-order valence-corrected chi connectivity index (χ3v) is 4.57. The van der Waals surface area contributed by atoms with Crippen LogP contribution < -0.4 is 5.32 Å². The monoisotopic (exact) mass is 306 g/mol. The molecule has 1 saturated heterocycles. The summed E-state index contributed by atoms with van der Waals surface area (Å²) in [6, 6.07) is 8.64. The maximum absolute atomic E-state index is 12.6. The van der Waals surface area contributed by atoms with Crippen LogP contribution in [0.1, 0.15) is 31.9 Å². The molecule has 0 aliphatic carbocycles. The second kappa shape index (κ2) is 6.98. The summed E-state index contributed by atoms with van der Waals surface area (Å²) in [4.78, 5) is 26.9. The Kier molecular flexibility index (Phi) is 5.28. The van der Waals surface area contributed by atoms with Gasteiger partial charge < -0.3 is 10.2 Å². The molecule has 0 spiro atoms. The number of hydrogen-bond acceptors (Lipinski definition) is 3. The van der Waals surface area contributed by atoms with Gasteiger partial charge in [-0.25, -0.2) is 0 Å². The van der Waals surface area contributed by atoms with Crippen LogP contribution in [0.3, 0.4) is 0 Å². The van der Waals surface area contributed by atoms with E-state index in [0.29, 0.717) is 0 Å². The number of rotatable bonds is 5. The first-order valence-electron chi connectivity index (χ1n) is 7.26. The fourth-order valence-electron chi connectivity index (χ4n) is 2.76. The van der Waals surface area contributed by atoms with Crippen LogP contribution >= 0.6 is 11.8 Å². The van der Waals surface area contributed by atoms with Gasteiger partial charge in [-0.3, -0.25) is 9.59 Å². The van der Waals surface area contributed by atoms with E-state index in [2.05, 4.69) is 12.2 Å². The molecule has 0 saturated carbocycles. The Hall–Kier alpha value is -1.49. The number of benzene rings is 1. The van der Waals surface area contributed by atoms with Crippen LogP contribution in [0.15, 0.2) is 30.3 Å². The molecule has 1 aliphatic rings. The number of thioether (sulfide) groups is 1. The van der Waals surface area contributed by atoms with Crippen molar-refractivity contribution < 1.29 is 9.59 Å². The topological polar surface area (TPSA) is 49.4 Å². The van der Waals surface area contributed by atoms with E-state index in [1.807, 2.05) is 36.6 Å². The molecular formula is C16H22N2O2S. The van der Waals surface area contributed by atoms with Crippen molar-refractivity contribution in [2.45, 2.75) is 38.4 Å². The van der Waals surface area contributed by atoms with Crippen molar-refractivity contribution in [1.82, 2.24) is 10.2 Å². The van der Waals surface area contributed by atoms with E-state index in [0.717, 1.165) is 17.7 Å². The summed E-state index contributed by atoms with van der Waals surface area (Å²) in [5.41, 5.74) is 0.870. The second-order valence-corrected chi connectivity index (χ2v) is 6.22. The average molecular weight is 306 g/mol. The molecule has 5 heteroatoms. The first-order valence-corrected chi connectivity index (χ1v) is 8.66. The third-order valence-electron chi connectivity index (χ3n) is 3.85.